The Morgan fingerprint density at radius 1 is 0.938 bits per heavy atom. The molecule has 3 aromatic rings. The minimum absolute atomic E-state index is 0.160. The fraction of sp³-hybridized carbons (Fsp3) is 0.160. The van der Waals surface area contributed by atoms with Crippen LogP contribution in [0.5, 0.6) is 11.5 Å². The monoisotopic (exact) mass is 431 g/mol. The van der Waals surface area contributed by atoms with Gasteiger partial charge in [-0.05, 0) is 48.4 Å². The fourth-order valence-electron chi connectivity index (χ4n) is 2.86. The molecule has 0 radical (unpaired) electrons. The molecule has 3 aromatic carbocycles. The second-order valence-electron chi connectivity index (χ2n) is 7.07. The number of rotatable bonds is 9. The quantitative estimate of drug-likeness (QED) is 0.399. The standard InChI is InChI=1S/C25H25N3O4/c1-18-8-11-21(12-9-18)27-25(30)17-32-22-13-10-20(14-23(22)31-2)16-26-28-24(29)15-19-6-4-3-5-7-19/h3-14,16H,15,17H2,1-2H3,(H,27,30)(H,28,29)/b26-16-. The average molecular weight is 431 g/mol. The van der Waals surface area contributed by atoms with E-state index in [1.54, 1.807) is 18.2 Å². The lowest BCUT2D eigenvalue weighted by Gasteiger charge is -2.11. The molecule has 0 aromatic heterocycles. The predicted molar refractivity (Wildman–Crippen MR) is 124 cm³/mol. The molecule has 0 atom stereocenters. The van der Waals surface area contributed by atoms with Crippen molar-refractivity contribution in [2.24, 2.45) is 5.10 Å². The maximum atomic E-state index is 12.1. The fourth-order valence-corrected chi connectivity index (χ4v) is 2.86. The number of methoxy groups -OCH3 is 1. The molecule has 0 aliphatic carbocycles. The van der Waals surface area contributed by atoms with E-state index in [-0.39, 0.29) is 24.8 Å². The van der Waals surface area contributed by atoms with Crippen molar-refractivity contribution in [2.45, 2.75) is 13.3 Å². The lowest BCUT2D eigenvalue weighted by molar-refractivity contribution is -0.120. The van der Waals surface area contributed by atoms with E-state index in [0.717, 1.165) is 11.1 Å². The summed E-state index contributed by atoms with van der Waals surface area (Å²) in [6.07, 6.45) is 1.76. The van der Waals surface area contributed by atoms with Crippen molar-refractivity contribution >= 4 is 23.7 Å². The molecular weight excluding hydrogens is 406 g/mol. The van der Waals surface area contributed by atoms with Gasteiger partial charge in [0.2, 0.25) is 5.91 Å². The highest BCUT2D eigenvalue weighted by Crippen LogP contribution is 2.27. The zero-order valence-electron chi connectivity index (χ0n) is 18.0. The molecule has 32 heavy (non-hydrogen) atoms. The van der Waals surface area contributed by atoms with Gasteiger partial charge in [0.25, 0.3) is 5.91 Å². The third-order valence-electron chi connectivity index (χ3n) is 4.49. The number of hydrogen-bond donors (Lipinski definition) is 2. The SMILES string of the molecule is COc1cc(/C=N\NC(=O)Cc2ccccc2)ccc1OCC(=O)Nc1ccc(C)cc1. The smallest absolute Gasteiger partial charge is 0.262 e. The lowest BCUT2D eigenvalue weighted by Crippen LogP contribution is -2.20. The van der Waals surface area contributed by atoms with Crippen molar-refractivity contribution in [3.63, 3.8) is 0 Å². The van der Waals surface area contributed by atoms with E-state index in [2.05, 4.69) is 15.8 Å². The van der Waals surface area contributed by atoms with Gasteiger partial charge in [-0.25, -0.2) is 5.43 Å². The zero-order valence-corrected chi connectivity index (χ0v) is 18.0. The third kappa shape index (κ3) is 6.98. The summed E-state index contributed by atoms with van der Waals surface area (Å²) in [6.45, 7) is 1.82. The van der Waals surface area contributed by atoms with E-state index >= 15 is 0 Å². The van der Waals surface area contributed by atoms with Gasteiger partial charge in [0.1, 0.15) is 0 Å². The van der Waals surface area contributed by atoms with Crippen LogP contribution in [0.1, 0.15) is 16.7 Å². The van der Waals surface area contributed by atoms with E-state index in [4.69, 9.17) is 9.47 Å². The van der Waals surface area contributed by atoms with Crippen molar-refractivity contribution in [3.05, 3.63) is 89.5 Å². The molecule has 7 heteroatoms. The molecule has 3 rings (SSSR count). The summed E-state index contributed by atoms with van der Waals surface area (Å²) in [5.41, 5.74) is 5.94. The predicted octanol–water partition coefficient (Wildman–Crippen LogP) is 3.71. The molecule has 7 nitrogen and oxygen atoms in total. The Balaban J connectivity index is 1.52. The molecule has 0 saturated heterocycles. The highest BCUT2D eigenvalue weighted by molar-refractivity contribution is 5.92. The first-order chi connectivity index (χ1) is 15.5. The van der Waals surface area contributed by atoms with Crippen molar-refractivity contribution < 1.29 is 19.1 Å². The van der Waals surface area contributed by atoms with Gasteiger partial charge in [0.05, 0.1) is 19.7 Å². The van der Waals surface area contributed by atoms with Crippen LogP contribution in [0, 0.1) is 6.92 Å². The minimum Gasteiger partial charge on any atom is -0.493 e. The van der Waals surface area contributed by atoms with Gasteiger partial charge in [-0.15, -0.1) is 0 Å². The second-order valence-corrected chi connectivity index (χ2v) is 7.07. The van der Waals surface area contributed by atoms with Crippen LogP contribution in [0.3, 0.4) is 0 Å². The van der Waals surface area contributed by atoms with Gasteiger partial charge < -0.3 is 14.8 Å². The molecule has 0 aliphatic heterocycles. The van der Waals surface area contributed by atoms with Crippen molar-refractivity contribution in [1.82, 2.24) is 5.43 Å². The first kappa shape index (κ1) is 22.6. The van der Waals surface area contributed by atoms with Crippen molar-refractivity contribution in [2.75, 3.05) is 19.0 Å². The number of nitrogens with zero attached hydrogens (tertiary/aromatic N) is 1. The Morgan fingerprint density at radius 3 is 2.41 bits per heavy atom. The highest BCUT2D eigenvalue weighted by Gasteiger charge is 2.09. The number of anilines is 1. The Kier molecular flexibility index (Phi) is 7.97. The van der Waals surface area contributed by atoms with Crippen LogP contribution in [0.25, 0.3) is 0 Å². The van der Waals surface area contributed by atoms with Gasteiger partial charge >= 0.3 is 0 Å². The Morgan fingerprint density at radius 2 is 1.69 bits per heavy atom. The molecule has 0 bridgehead atoms. The number of benzene rings is 3. The first-order valence-electron chi connectivity index (χ1n) is 10.1. The van der Waals surface area contributed by atoms with E-state index in [1.165, 1.54) is 13.3 Å². The molecule has 2 N–H and O–H groups in total. The summed E-state index contributed by atoms with van der Waals surface area (Å²) in [6, 6.07) is 22.1. The van der Waals surface area contributed by atoms with E-state index in [0.29, 0.717) is 22.7 Å². The average Bonchev–Trinajstić information content (AvgIpc) is 2.80. The number of nitrogens with one attached hydrogen (secondary N) is 2. The van der Waals surface area contributed by atoms with Gasteiger partial charge in [-0.3, -0.25) is 9.59 Å². The molecule has 0 fully saturated rings. The van der Waals surface area contributed by atoms with E-state index in [1.807, 2.05) is 61.5 Å². The number of ether oxygens (including phenoxy) is 2. The number of hydrogen-bond acceptors (Lipinski definition) is 5. The molecule has 0 spiro atoms. The molecule has 0 heterocycles. The highest BCUT2D eigenvalue weighted by atomic mass is 16.5. The summed E-state index contributed by atoms with van der Waals surface area (Å²) in [4.78, 5) is 24.1. The van der Waals surface area contributed by atoms with Crippen LogP contribution in [0.2, 0.25) is 0 Å². The van der Waals surface area contributed by atoms with Crippen LogP contribution >= 0.6 is 0 Å². The Bertz CT molecular complexity index is 1080. The maximum absolute atomic E-state index is 12.1. The summed E-state index contributed by atoms with van der Waals surface area (Å²) in [5.74, 6) is 0.395. The largest absolute Gasteiger partial charge is 0.493 e. The Hall–Kier alpha value is -4.13. The molecule has 0 aliphatic rings. The van der Waals surface area contributed by atoms with Crippen LogP contribution in [-0.2, 0) is 16.0 Å². The Labute approximate surface area is 187 Å². The van der Waals surface area contributed by atoms with Gasteiger partial charge in [0.15, 0.2) is 18.1 Å². The third-order valence-corrected chi connectivity index (χ3v) is 4.49. The van der Waals surface area contributed by atoms with Gasteiger partial charge in [-0.1, -0.05) is 48.0 Å². The first-order valence-corrected chi connectivity index (χ1v) is 10.1. The number of amides is 2. The topological polar surface area (TPSA) is 89.0 Å². The van der Waals surface area contributed by atoms with Gasteiger partial charge in [-0.2, -0.15) is 5.10 Å². The zero-order chi connectivity index (χ0) is 22.8. The number of hydrazone groups is 1. The number of carbonyl (C=O) groups excluding carboxylic acids is 2. The van der Waals surface area contributed by atoms with Crippen LogP contribution in [0.15, 0.2) is 77.9 Å². The van der Waals surface area contributed by atoms with Gasteiger partial charge in [0, 0.05) is 5.69 Å². The summed E-state index contributed by atoms with van der Waals surface area (Å²) in [5, 5.41) is 6.76. The van der Waals surface area contributed by atoms with Crippen LogP contribution in [-0.4, -0.2) is 31.7 Å². The van der Waals surface area contributed by atoms with E-state index in [9.17, 15) is 9.59 Å². The summed E-state index contributed by atoms with van der Waals surface area (Å²) in [7, 11) is 1.51. The molecular formula is C25H25N3O4. The second kappa shape index (κ2) is 11.3. The lowest BCUT2D eigenvalue weighted by atomic mass is 10.1. The molecule has 0 unspecified atom stereocenters. The van der Waals surface area contributed by atoms with Crippen LogP contribution < -0.4 is 20.2 Å². The molecule has 2 amide bonds. The van der Waals surface area contributed by atoms with Crippen molar-refractivity contribution in [3.8, 4) is 11.5 Å². The molecule has 0 saturated carbocycles. The van der Waals surface area contributed by atoms with E-state index < -0.39 is 0 Å². The minimum atomic E-state index is -0.275. The van der Waals surface area contributed by atoms with Crippen molar-refractivity contribution in [1.29, 1.82) is 0 Å². The normalized spacial score (nSPS) is 10.6. The van der Waals surface area contributed by atoms with Crippen LogP contribution in [0.4, 0.5) is 5.69 Å². The number of aryl methyl sites for hydroxylation is 1. The molecule has 164 valence electrons. The maximum Gasteiger partial charge on any atom is 0.262 e. The summed E-state index contributed by atoms with van der Waals surface area (Å²) >= 11 is 0. The number of carbonyl (C=O) groups is 2. The summed E-state index contributed by atoms with van der Waals surface area (Å²) < 4.78 is 10.9.